The summed E-state index contributed by atoms with van der Waals surface area (Å²) in [5.41, 5.74) is 7.13. The first kappa shape index (κ1) is 30.3. The number of aliphatic hydroxyl groups is 1. The number of carbonyl (C=O) groups excluding carboxylic acids is 3. The number of nitrogens with one attached hydrogen (secondary N) is 3. The van der Waals surface area contributed by atoms with Crippen molar-refractivity contribution in [3.8, 4) is 5.75 Å². The van der Waals surface area contributed by atoms with Crippen LogP contribution in [0.15, 0.2) is 54.6 Å². The van der Waals surface area contributed by atoms with Gasteiger partial charge in [-0.25, -0.2) is 4.79 Å². The number of nitrogens with two attached hydrogens (primary N) is 1. The van der Waals surface area contributed by atoms with Crippen molar-refractivity contribution in [3.05, 3.63) is 65.7 Å². The van der Waals surface area contributed by atoms with Crippen LogP contribution in [0.4, 0.5) is 0 Å². The van der Waals surface area contributed by atoms with Gasteiger partial charge in [-0.15, -0.1) is 0 Å². The van der Waals surface area contributed by atoms with Gasteiger partial charge in [0.1, 0.15) is 23.9 Å². The minimum absolute atomic E-state index is 0.0194. The topological polar surface area (TPSA) is 191 Å². The first-order chi connectivity index (χ1) is 18.0. The number of aromatic hydroxyl groups is 1. The Morgan fingerprint density at radius 2 is 1.26 bits per heavy atom. The minimum atomic E-state index is -1.36. The number of hydrogen-bond acceptors (Lipinski definition) is 7. The molecule has 0 bridgehead atoms. The molecule has 206 valence electrons. The fraction of sp³-hybridized carbons (Fsp3) is 0.407. The number of rotatable bonds is 14. The Balaban J connectivity index is 2.18. The highest BCUT2D eigenvalue weighted by atomic mass is 16.4. The molecule has 11 heteroatoms. The second-order valence-corrected chi connectivity index (χ2v) is 9.50. The Morgan fingerprint density at radius 1 is 0.763 bits per heavy atom. The Hall–Kier alpha value is -3.96. The standard InChI is InChI=1S/C27H36N4O7/c1-16(2)12-20(28)24(34)31-23(15-32)26(36)29-21(13-17-6-4-3-5-7-17)25(35)30-22(27(37)38)14-18-8-10-19(33)11-9-18/h3-11,16,20-23,32-33H,12-15,28H2,1-2H3,(H,29,36)(H,30,35)(H,31,34)(H,37,38). The zero-order chi connectivity index (χ0) is 28.2. The molecule has 0 spiro atoms. The number of benzene rings is 2. The number of amides is 3. The van der Waals surface area contributed by atoms with Crippen molar-refractivity contribution < 1.29 is 34.5 Å². The highest BCUT2D eigenvalue weighted by molar-refractivity contribution is 5.94. The number of phenols is 1. The van der Waals surface area contributed by atoms with Crippen molar-refractivity contribution in [2.45, 2.75) is 57.3 Å². The summed E-state index contributed by atoms with van der Waals surface area (Å²) in [6.45, 7) is 3.05. The molecule has 0 aliphatic rings. The number of carbonyl (C=O) groups is 4. The summed E-state index contributed by atoms with van der Waals surface area (Å²) in [6, 6.07) is 9.91. The monoisotopic (exact) mass is 528 g/mol. The normalized spacial score (nSPS) is 14.1. The van der Waals surface area contributed by atoms with Crippen LogP contribution in [0, 0.1) is 5.92 Å². The fourth-order valence-electron chi connectivity index (χ4n) is 3.76. The van der Waals surface area contributed by atoms with E-state index in [-0.39, 0.29) is 24.5 Å². The van der Waals surface area contributed by atoms with Crippen molar-refractivity contribution in [2.75, 3.05) is 6.61 Å². The molecular formula is C27H36N4O7. The van der Waals surface area contributed by atoms with E-state index in [4.69, 9.17) is 5.73 Å². The van der Waals surface area contributed by atoms with Crippen LogP contribution in [-0.2, 0) is 32.0 Å². The molecule has 0 saturated carbocycles. The molecule has 4 unspecified atom stereocenters. The lowest BCUT2D eigenvalue weighted by Gasteiger charge is -2.25. The predicted octanol–water partition coefficient (Wildman–Crippen LogP) is 0.0821. The third-order valence-electron chi connectivity index (χ3n) is 5.78. The molecule has 2 aromatic carbocycles. The maximum Gasteiger partial charge on any atom is 0.326 e. The summed E-state index contributed by atoms with van der Waals surface area (Å²) < 4.78 is 0. The summed E-state index contributed by atoms with van der Waals surface area (Å²) in [7, 11) is 0. The maximum absolute atomic E-state index is 13.2. The lowest BCUT2D eigenvalue weighted by molar-refractivity contribution is -0.142. The van der Waals surface area contributed by atoms with E-state index in [1.807, 2.05) is 13.8 Å². The van der Waals surface area contributed by atoms with Gasteiger partial charge in [-0.1, -0.05) is 56.3 Å². The van der Waals surface area contributed by atoms with E-state index < -0.39 is 54.5 Å². The zero-order valence-corrected chi connectivity index (χ0v) is 21.5. The fourth-order valence-corrected chi connectivity index (χ4v) is 3.76. The third kappa shape index (κ3) is 9.83. The molecular weight excluding hydrogens is 492 g/mol. The van der Waals surface area contributed by atoms with Crippen LogP contribution in [0.1, 0.15) is 31.4 Å². The van der Waals surface area contributed by atoms with Crippen LogP contribution in [0.2, 0.25) is 0 Å². The summed E-state index contributed by atoms with van der Waals surface area (Å²) in [5, 5.41) is 36.3. The van der Waals surface area contributed by atoms with Gasteiger partial charge in [-0.2, -0.15) is 0 Å². The lowest BCUT2D eigenvalue weighted by atomic mass is 10.0. The average Bonchev–Trinajstić information content (AvgIpc) is 2.87. The number of aliphatic hydroxyl groups excluding tert-OH is 1. The van der Waals surface area contributed by atoms with Gasteiger partial charge in [0.2, 0.25) is 17.7 Å². The number of phenolic OH excluding ortho intramolecular Hbond substituents is 1. The molecule has 0 saturated heterocycles. The van der Waals surface area contributed by atoms with E-state index in [0.717, 1.165) is 0 Å². The molecule has 2 rings (SSSR count). The second-order valence-electron chi connectivity index (χ2n) is 9.50. The molecule has 4 atom stereocenters. The van der Waals surface area contributed by atoms with Crippen LogP contribution >= 0.6 is 0 Å². The van der Waals surface area contributed by atoms with Crippen molar-refractivity contribution >= 4 is 23.7 Å². The van der Waals surface area contributed by atoms with E-state index >= 15 is 0 Å². The summed E-state index contributed by atoms with van der Waals surface area (Å²) in [6.07, 6.45) is 0.349. The lowest BCUT2D eigenvalue weighted by Crippen LogP contribution is -2.58. The van der Waals surface area contributed by atoms with Gasteiger partial charge in [0.25, 0.3) is 0 Å². The van der Waals surface area contributed by atoms with E-state index in [2.05, 4.69) is 16.0 Å². The minimum Gasteiger partial charge on any atom is -0.508 e. The van der Waals surface area contributed by atoms with Crippen LogP contribution in [-0.4, -0.2) is 69.8 Å². The molecule has 0 aromatic heterocycles. The third-order valence-corrected chi connectivity index (χ3v) is 5.78. The van der Waals surface area contributed by atoms with Crippen molar-refractivity contribution in [1.82, 2.24) is 16.0 Å². The first-order valence-corrected chi connectivity index (χ1v) is 12.3. The van der Waals surface area contributed by atoms with Gasteiger partial charge in [-0.05, 0) is 35.6 Å². The van der Waals surface area contributed by atoms with Crippen molar-refractivity contribution in [1.29, 1.82) is 0 Å². The molecule has 0 aliphatic heterocycles. The smallest absolute Gasteiger partial charge is 0.326 e. The van der Waals surface area contributed by atoms with Gasteiger partial charge in [-0.3, -0.25) is 14.4 Å². The molecule has 0 heterocycles. The van der Waals surface area contributed by atoms with Gasteiger partial charge >= 0.3 is 5.97 Å². The summed E-state index contributed by atoms with van der Waals surface area (Å²) in [5.74, 6) is -3.31. The predicted molar refractivity (Wildman–Crippen MR) is 140 cm³/mol. The molecule has 0 aliphatic carbocycles. The van der Waals surface area contributed by atoms with Crippen LogP contribution in [0.3, 0.4) is 0 Å². The molecule has 11 nitrogen and oxygen atoms in total. The second kappa shape index (κ2) is 14.7. The van der Waals surface area contributed by atoms with E-state index in [0.29, 0.717) is 17.5 Å². The summed E-state index contributed by atoms with van der Waals surface area (Å²) >= 11 is 0. The first-order valence-electron chi connectivity index (χ1n) is 12.3. The quantitative estimate of drug-likeness (QED) is 0.179. The van der Waals surface area contributed by atoms with Gasteiger partial charge in [0.15, 0.2) is 0 Å². The Morgan fingerprint density at radius 3 is 1.82 bits per heavy atom. The van der Waals surface area contributed by atoms with Crippen molar-refractivity contribution in [3.63, 3.8) is 0 Å². The highest BCUT2D eigenvalue weighted by Gasteiger charge is 2.30. The zero-order valence-electron chi connectivity index (χ0n) is 21.5. The van der Waals surface area contributed by atoms with Crippen LogP contribution in [0.25, 0.3) is 0 Å². The number of aliphatic carboxylic acids is 1. The van der Waals surface area contributed by atoms with E-state index in [1.54, 1.807) is 42.5 Å². The molecule has 38 heavy (non-hydrogen) atoms. The molecule has 2 aromatic rings. The average molecular weight is 529 g/mol. The van der Waals surface area contributed by atoms with E-state index in [1.165, 1.54) is 12.1 Å². The highest BCUT2D eigenvalue weighted by Crippen LogP contribution is 2.12. The number of carboxylic acids is 1. The molecule has 3 amide bonds. The molecule has 8 N–H and O–H groups in total. The Bertz CT molecular complexity index is 1080. The Labute approximate surface area is 221 Å². The van der Waals surface area contributed by atoms with E-state index in [9.17, 15) is 34.5 Å². The van der Waals surface area contributed by atoms with Gasteiger partial charge < -0.3 is 37.0 Å². The van der Waals surface area contributed by atoms with Crippen LogP contribution in [0.5, 0.6) is 5.75 Å². The molecule has 0 radical (unpaired) electrons. The van der Waals surface area contributed by atoms with Gasteiger partial charge in [0, 0.05) is 12.8 Å². The maximum atomic E-state index is 13.2. The molecule has 0 fully saturated rings. The van der Waals surface area contributed by atoms with Crippen molar-refractivity contribution in [2.24, 2.45) is 11.7 Å². The number of hydrogen-bond donors (Lipinski definition) is 7. The largest absolute Gasteiger partial charge is 0.508 e. The SMILES string of the molecule is CC(C)CC(N)C(=O)NC(CO)C(=O)NC(Cc1ccccc1)C(=O)NC(Cc1ccc(O)cc1)C(=O)O. The van der Waals surface area contributed by atoms with Gasteiger partial charge in [0.05, 0.1) is 12.6 Å². The van der Waals surface area contributed by atoms with Crippen LogP contribution < -0.4 is 21.7 Å². The summed E-state index contributed by atoms with van der Waals surface area (Å²) in [4.78, 5) is 50.4. The Kier molecular flexibility index (Phi) is 11.7. The number of carboxylic acid groups (broad SMARTS) is 1.